The number of carbonyl (C=O) groups excluding carboxylic acids is 1. The topological polar surface area (TPSA) is 66.8 Å². The minimum absolute atomic E-state index is 0.0418. The first kappa shape index (κ1) is 14.5. The number of benzene rings is 2. The smallest absolute Gasteiger partial charge is 0.200 e. The van der Waals surface area contributed by atoms with Crippen LogP contribution in [0.5, 0.6) is 17.2 Å². The van der Waals surface area contributed by atoms with E-state index < -0.39 is 11.5 Å². The number of ether oxygens (including phenoxy) is 1. The lowest BCUT2D eigenvalue weighted by Gasteiger charge is -2.11. The van der Waals surface area contributed by atoms with Gasteiger partial charge in [0, 0.05) is 0 Å². The average Bonchev–Trinajstić information content (AvgIpc) is 2.43. The van der Waals surface area contributed by atoms with Crippen LogP contribution < -0.4 is 4.74 Å². The van der Waals surface area contributed by atoms with E-state index in [0.717, 1.165) is 0 Å². The van der Waals surface area contributed by atoms with Crippen molar-refractivity contribution in [2.45, 2.75) is 0 Å². The van der Waals surface area contributed by atoms with Crippen molar-refractivity contribution in [1.82, 2.24) is 0 Å². The standard InChI is InChI=1S/C14H10Cl2O4/c1-20-14-9(15)6-8(13(19)11(14)16)12(18)7-4-2-3-5-10(7)17/h2-6,17,19H,1H3. The number of phenols is 2. The zero-order valence-electron chi connectivity index (χ0n) is 10.4. The maximum Gasteiger partial charge on any atom is 0.200 e. The Morgan fingerprint density at radius 2 is 1.80 bits per heavy atom. The molecule has 2 aromatic carbocycles. The van der Waals surface area contributed by atoms with Gasteiger partial charge in [0.15, 0.2) is 5.75 Å². The molecule has 0 aliphatic carbocycles. The van der Waals surface area contributed by atoms with E-state index in [4.69, 9.17) is 27.9 Å². The van der Waals surface area contributed by atoms with Gasteiger partial charge < -0.3 is 14.9 Å². The van der Waals surface area contributed by atoms with Crippen molar-refractivity contribution >= 4 is 29.0 Å². The molecule has 0 saturated heterocycles. The SMILES string of the molecule is COc1c(Cl)cc(C(=O)c2ccccc2O)c(O)c1Cl. The molecule has 0 bridgehead atoms. The van der Waals surface area contributed by atoms with Crippen LogP contribution in [0.3, 0.4) is 0 Å². The monoisotopic (exact) mass is 312 g/mol. The molecule has 0 aromatic heterocycles. The normalized spacial score (nSPS) is 10.3. The second-order valence-corrected chi connectivity index (χ2v) is 4.73. The molecule has 0 fully saturated rings. The zero-order valence-corrected chi connectivity index (χ0v) is 11.9. The predicted molar refractivity (Wildman–Crippen MR) is 76.2 cm³/mol. The first-order valence-corrected chi connectivity index (χ1v) is 6.30. The van der Waals surface area contributed by atoms with E-state index in [9.17, 15) is 15.0 Å². The van der Waals surface area contributed by atoms with Gasteiger partial charge >= 0.3 is 0 Å². The van der Waals surface area contributed by atoms with Gasteiger partial charge in [-0.1, -0.05) is 35.3 Å². The highest BCUT2D eigenvalue weighted by Gasteiger charge is 2.23. The summed E-state index contributed by atoms with van der Waals surface area (Å²) in [5, 5.41) is 19.6. The maximum atomic E-state index is 12.3. The summed E-state index contributed by atoms with van der Waals surface area (Å²) < 4.78 is 4.94. The molecular formula is C14H10Cl2O4. The number of rotatable bonds is 3. The van der Waals surface area contributed by atoms with Crippen molar-refractivity contribution in [1.29, 1.82) is 0 Å². The Morgan fingerprint density at radius 1 is 1.15 bits per heavy atom. The van der Waals surface area contributed by atoms with Crippen molar-refractivity contribution in [3.8, 4) is 17.2 Å². The molecule has 0 amide bonds. The van der Waals surface area contributed by atoms with Gasteiger partial charge in [-0.2, -0.15) is 0 Å². The summed E-state index contributed by atoms with van der Waals surface area (Å²) in [7, 11) is 1.34. The van der Waals surface area contributed by atoms with E-state index in [0.29, 0.717) is 0 Å². The Bertz CT molecular complexity index is 683. The fourth-order valence-corrected chi connectivity index (χ4v) is 2.37. The summed E-state index contributed by atoms with van der Waals surface area (Å²) in [6, 6.07) is 7.23. The number of hydrogen-bond acceptors (Lipinski definition) is 4. The van der Waals surface area contributed by atoms with Crippen LogP contribution in [-0.4, -0.2) is 23.1 Å². The number of halogens is 2. The van der Waals surface area contributed by atoms with Crippen molar-refractivity contribution in [2.75, 3.05) is 7.11 Å². The van der Waals surface area contributed by atoms with Gasteiger partial charge in [-0.15, -0.1) is 0 Å². The van der Waals surface area contributed by atoms with E-state index in [1.54, 1.807) is 12.1 Å². The Morgan fingerprint density at radius 3 is 2.40 bits per heavy atom. The quantitative estimate of drug-likeness (QED) is 0.849. The fraction of sp³-hybridized carbons (Fsp3) is 0.0714. The third-order valence-corrected chi connectivity index (χ3v) is 3.38. The third kappa shape index (κ3) is 2.40. The lowest BCUT2D eigenvalue weighted by atomic mass is 10.0. The maximum absolute atomic E-state index is 12.3. The van der Waals surface area contributed by atoms with Crippen LogP contribution in [0, 0.1) is 0 Å². The number of methoxy groups -OCH3 is 1. The molecule has 2 N–H and O–H groups in total. The van der Waals surface area contributed by atoms with Crippen LogP contribution in [0.15, 0.2) is 30.3 Å². The number of aromatic hydroxyl groups is 2. The van der Waals surface area contributed by atoms with Crippen LogP contribution in [0.25, 0.3) is 0 Å². The van der Waals surface area contributed by atoms with Crippen LogP contribution in [-0.2, 0) is 0 Å². The fourth-order valence-electron chi connectivity index (χ4n) is 1.76. The molecular weight excluding hydrogens is 303 g/mol. The molecule has 0 radical (unpaired) electrons. The lowest BCUT2D eigenvalue weighted by molar-refractivity contribution is 0.103. The summed E-state index contributed by atoms with van der Waals surface area (Å²) in [5.41, 5.74) is -0.0672. The van der Waals surface area contributed by atoms with Crippen molar-refractivity contribution in [2.24, 2.45) is 0 Å². The summed E-state index contributed by atoms with van der Waals surface area (Å²) in [4.78, 5) is 12.3. The second-order valence-electron chi connectivity index (χ2n) is 3.95. The van der Waals surface area contributed by atoms with Crippen LogP contribution in [0.1, 0.15) is 15.9 Å². The molecule has 20 heavy (non-hydrogen) atoms. The molecule has 0 unspecified atom stereocenters. The Labute approximate surface area is 125 Å². The molecule has 0 atom stereocenters. The van der Waals surface area contributed by atoms with Gasteiger partial charge in [-0.3, -0.25) is 4.79 Å². The summed E-state index contributed by atoms with van der Waals surface area (Å²) >= 11 is 11.8. The predicted octanol–water partition coefficient (Wildman–Crippen LogP) is 3.64. The first-order chi connectivity index (χ1) is 9.47. The number of para-hydroxylation sites is 1. The number of ketones is 1. The van der Waals surface area contributed by atoms with E-state index in [2.05, 4.69) is 0 Å². The van der Waals surface area contributed by atoms with Gasteiger partial charge in [0.2, 0.25) is 5.78 Å². The lowest BCUT2D eigenvalue weighted by Crippen LogP contribution is -2.03. The molecule has 2 aromatic rings. The second kappa shape index (κ2) is 5.61. The molecule has 0 spiro atoms. The Kier molecular flexibility index (Phi) is 4.06. The highest BCUT2D eigenvalue weighted by atomic mass is 35.5. The van der Waals surface area contributed by atoms with Gasteiger partial charge in [0.25, 0.3) is 0 Å². The van der Waals surface area contributed by atoms with Crippen LogP contribution >= 0.6 is 23.2 Å². The number of carbonyl (C=O) groups is 1. The Balaban J connectivity index is 2.60. The van der Waals surface area contributed by atoms with Gasteiger partial charge in [0.05, 0.1) is 23.3 Å². The van der Waals surface area contributed by atoms with E-state index >= 15 is 0 Å². The van der Waals surface area contributed by atoms with E-state index in [-0.39, 0.29) is 32.7 Å². The van der Waals surface area contributed by atoms with Gasteiger partial charge in [-0.25, -0.2) is 0 Å². The van der Waals surface area contributed by atoms with Crippen LogP contribution in [0.2, 0.25) is 10.0 Å². The van der Waals surface area contributed by atoms with Gasteiger partial charge in [-0.05, 0) is 18.2 Å². The summed E-state index contributed by atoms with van der Waals surface area (Å²) in [6.45, 7) is 0. The van der Waals surface area contributed by atoms with Crippen LogP contribution in [0.4, 0.5) is 0 Å². The molecule has 0 aliphatic rings. The molecule has 2 rings (SSSR count). The zero-order chi connectivity index (χ0) is 14.9. The Hall–Kier alpha value is -1.91. The van der Waals surface area contributed by atoms with Crippen molar-refractivity contribution in [3.63, 3.8) is 0 Å². The number of phenolic OH excluding ortho intramolecular Hbond substituents is 2. The largest absolute Gasteiger partial charge is 0.507 e. The summed E-state index contributed by atoms with van der Waals surface area (Å²) in [6.07, 6.45) is 0. The van der Waals surface area contributed by atoms with E-state index in [1.807, 2.05) is 0 Å². The first-order valence-electron chi connectivity index (χ1n) is 5.55. The van der Waals surface area contributed by atoms with Crippen molar-refractivity contribution < 1.29 is 19.7 Å². The van der Waals surface area contributed by atoms with Crippen molar-refractivity contribution in [3.05, 3.63) is 51.5 Å². The summed E-state index contributed by atoms with van der Waals surface area (Å²) in [5.74, 6) is -1.15. The molecule has 0 heterocycles. The third-order valence-electron chi connectivity index (χ3n) is 2.75. The molecule has 6 heteroatoms. The molecule has 0 saturated carbocycles. The average molecular weight is 313 g/mol. The van der Waals surface area contributed by atoms with E-state index in [1.165, 1.54) is 25.3 Å². The minimum atomic E-state index is -0.591. The van der Waals surface area contributed by atoms with Gasteiger partial charge in [0.1, 0.15) is 16.5 Å². The highest BCUT2D eigenvalue weighted by Crippen LogP contribution is 2.42. The highest BCUT2D eigenvalue weighted by molar-refractivity contribution is 6.39. The molecule has 0 aliphatic heterocycles. The minimum Gasteiger partial charge on any atom is -0.507 e. The number of hydrogen-bond donors (Lipinski definition) is 2. The molecule has 104 valence electrons. The molecule has 4 nitrogen and oxygen atoms in total.